The Morgan fingerprint density at radius 1 is 1.19 bits per heavy atom. The van der Waals surface area contributed by atoms with Crippen molar-refractivity contribution in [3.63, 3.8) is 0 Å². The molecule has 0 aromatic heterocycles. The molecule has 0 aliphatic carbocycles. The summed E-state index contributed by atoms with van der Waals surface area (Å²) in [6.45, 7) is 0. The minimum absolute atomic E-state index is 0.150. The second kappa shape index (κ2) is 6.61. The van der Waals surface area contributed by atoms with E-state index in [1.165, 1.54) is 11.0 Å². The zero-order chi connectivity index (χ0) is 15.2. The van der Waals surface area contributed by atoms with E-state index in [9.17, 15) is 9.90 Å². The highest BCUT2D eigenvalue weighted by Crippen LogP contribution is 2.18. The number of phenols is 1. The number of ether oxygens (including phenoxy) is 1. The van der Waals surface area contributed by atoms with Gasteiger partial charge in [-0.3, -0.25) is 4.79 Å². The van der Waals surface area contributed by atoms with Crippen molar-refractivity contribution in [2.75, 3.05) is 19.1 Å². The van der Waals surface area contributed by atoms with Crippen LogP contribution in [0.4, 0.5) is 5.69 Å². The number of anilines is 1. The molecule has 0 saturated heterocycles. The van der Waals surface area contributed by atoms with Gasteiger partial charge >= 0.3 is 0 Å². The third-order valence-corrected chi connectivity index (χ3v) is 3.08. The third-order valence-electron chi connectivity index (χ3n) is 3.08. The Hall–Kier alpha value is -2.75. The lowest BCUT2D eigenvalue weighted by atomic mass is 10.2. The monoisotopic (exact) mass is 283 g/mol. The van der Waals surface area contributed by atoms with Crippen molar-refractivity contribution in [2.45, 2.75) is 0 Å². The summed E-state index contributed by atoms with van der Waals surface area (Å²) in [6, 6.07) is 13.9. The number of carbonyl (C=O) groups excluding carboxylic acids is 1. The summed E-state index contributed by atoms with van der Waals surface area (Å²) in [4.78, 5) is 13.6. The van der Waals surface area contributed by atoms with E-state index in [0.29, 0.717) is 5.69 Å². The smallest absolute Gasteiger partial charge is 0.250 e. The second-order valence-electron chi connectivity index (χ2n) is 4.52. The number of hydrogen-bond donors (Lipinski definition) is 1. The third kappa shape index (κ3) is 3.86. The predicted octanol–water partition coefficient (Wildman–Crippen LogP) is 3.08. The molecule has 0 atom stereocenters. The summed E-state index contributed by atoms with van der Waals surface area (Å²) in [5.41, 5.74) is 1.61. The van der Waals surface area contributed by atoms with Crippen molar-refractivity contribution in [3.8, 4) is 11.5 Å². The van der Waals surface area contributed by atoms with E-state index < -0.39 is 0 Å². The van der Waals surface area contributed by atoms with Gasteiger partial charge in [-0.2, -0.15) is 0 Å². The van der Waals surface area contributed by atoms with E-state index in [4.69, 9.17) is 4.74 Å². The summed E-state index contributed by atoms with van der Waals surface area (Å²) >= 11 is 0. The van der Waals surface area contributed by atoms with E-state index >= 15 is 0 Å². The van der Waals surface area contributed by atoms with Crippen LogP contribution in [0.1, 0.15) is 5.56 Å². The maximum absolute atomic E-state index is 12.1. The van der Waals surface area contributed by atoms with Gasteiger partial charge in [0, 0.05) is 18.8 Å². The molecule has 0 spiro atoms. The maximum atomic E-state index is 12.1. The molecule has 1 N–H and O–H groups in total. The fourth-order valence-corrected chi connectivity index (χ4v) is 1.83. The molecule has 0 heterocycles. The lowest BCUT2D eigenvalue weighted by molar-refractivity contribution is -0.113. The van der Waals surface area contributed by atoms with E-state index in [-0.39, 0.29) is 11.7 Å². The Labute approximate surface area is 123 Å². The fraction of sp³-hybridized carbons (Fsp3) is 0.118. The van der Waals surface area contributed by atoms with Crippen LogP contribution in [0.25, 0.3) is 6.08 Å². The molecule has 0 saturated carbocycles. The number of phenolic OH excluding ortho intramolecular Hbond substituents is 1. The number of amides is 1. The van der Waals surface area contributed by atoms with Gasteiger partial charge in [-0.15, -0.1) is 0 Å². The molecule has 0 aliphatic rings. The van der Waals surface area contributed by atoms with Gasteiger partial charge in [0.25, 0.3) is 5.91 Å². The van der Waals surface area contributed by atoms with E-state index in [0.717, 1.165) is 11.3 Å². The van der Waals surface area contributed by atoms with E-state index in [1.807, 2.05) is 24.3 Å². The van der Waals surface area contributed by atoms with Crippen LogP contribution in [0, 0.1) is 0 Å². The molecule has 108 valence electrons. The van der Waals surface area contributed by atoms with Gasteiger partial charge in [-0.25, -0.2) is 0 Å². The molecule has 0 bridgehead atoms. The molecule has 0 aliphatic heterocycles. The molecule has 0 radical (unpaired) electrons. The van der Waals surface area contributed by atoms with Crippen molar-refractivity contribution in [1.82, 2.24) is 0 Å². The molecular weight excluding hydrogens is 266 g/mol. The van der Waals surface area contributed by atoms with E-state index in [2.05, 4.69) is 0 Å². The average Bonchev–Trinajstić information content (AvgIpc) is 2.53. The Morgan fingerprint density at radius 2 is 1.90 bits per heavy atom. The number of nitrogens with zero attached hydrogens (tertiary/aromatic N) is 1. The van der Waals surface area contributed by atoms with Gasteiger partial charge in [-0.1, -0.05) is 12.1 Å². The molecule has 1 amide bonds. The van der Waals surface area contributed by atoms with Crippen LogP contribution in [0.15, 0.2) is 54.6 Å². The average molecular weight is 283 g/mol. The molecule has 21 heavy (non-hydrogen) atoms. The summed E-state index contributed by atoms with van der Waals surface area (Å²) in [5.74, 6) is 0.770. The molecular formula is C17H17NO3. The van der Waals surface area contributed by atoms with Gasteiger partial charge in [0.05, 0.1) is 7.11 Å². The molecule has 0 fully saturated rings. The molecule has 2 aromatic carbocycles. The van der Waals surface area contributed by atoms with Gasteiger partial charge in [-0.05, 0) is 48.0 Å². The first-order valence-corrected chi connectivity index (χ1v) is 6.49. The highest BCUT2D eigenvalue weighted by Gasteiger charge is 2.07. The van der Waals surface area contributed by atoms with Crippen LogP contribution >= 0.6 is 0 Å². The standard InChI is InChI=1S/C17H17NO3/c1-18(14-7-9-15(19)10-8-14)17(20)11-6-13-4-3-5-16(12-13)21-2/h3-12,19H,1-2H3/b11-6+. The van der Waals surface area contributed by atoms with Crippen LogP contribution in [0.2, 0.25) is 0 Å². The number of likely N-dealkylation sites (N-methyl/N-ethyl adjacent to an activating group) is 1. The summed E-state index contributed by atoms with van der Waals surface area (Å²) in [6.07, 6.45) is 3.24. The SMILES string of the molecule is COc1cccc(/C=C/C(=O)N(C)c2ccc(O)cc2)c1. The summed E-state index contributed by atoms with van der Waals surface area (Å²) in [5, 5.41) is 9.25. The molecule has 2 aromatic rings. The van der Waals surface area contributed by atoms with Crippen LogP contribution < -0.4 is 9.64 Å². The minimum atomic E-state index is -0.150. The predicted molar refractivity (Wildman–Crippen MR) is 83.5 cm³/mol. The zero-order valence-corrected chi connectivity index (χ0v) is 12.0. The van der Waals surface area contributed by atoms with Gasteiger partial charge in [0.15, 0.2) is 0 Å². The highest BCUT2D eigenvalue weighted by atomic mass is 16.5. The normalized spacial score (nSPS) is 10.6. The van der Waals surface area contributed by atoms with Crippen LogP contribution in [0.5, 0.6) is 11.5 Å². The lowest BCUT2D eigenvalue weighted by Gasteiger charge is -2.15. The number of hydrogen-bond acceptors (Lipinski definition) is 3. The van der Waals surface area contributed by atoms with Crippen LogP contribution in [-0.2, 0) is 4.79 Å². The van der Waals surface area contributed by atoms with Crippen molar-refractivity contribution in [2.24, 2.45) is 0 Å². The second-order valence-corrected chi connectivity index (χ2v) is 4.52. The van der Waals surface area contributed by atoms with Crippen molar-refractivity contribution in [3.05, 3.63) is 60.2 Å². The Bertz CT molecular complexity index is 647. The van der Waals surface area contributed by atoms with Gasteiger partial charge < -0.3 is 14.7 Å². The van der Waals surface area contributed by atoms with Crippen LogP contribution in [-0.4, -0.2) is 25.2 Å². The van der Waals surface area contributed by atoms with Crippen molar-refractivity contribution < 1.29 is 14.6 Å². The van der Waals surface area contributed by atoms with Crippen LogP contribution in [0.3, 0.4) is 0 Å². The zero-order valence-electron chi connectivity index (χ0n) is 12.0. The largest absolute Gasteiger partial charge is 0.508 e. The number of rotatable bonds is 4. The first-order chi connectivity index (χ1) is 10.1. The Balaban J connectivity index is 2.09. The van der Waals surface area contributed by atoms with Crippen molar-refractivity contribution in [1.29, 1.82) is 0 Å². The fourth-order valence-electron chi connectivity index (χ4n) is 1.83. The lowest BCUT2D eigenvalue weighted by Crippen LogP contribution is -2.23. The molecule has 0 unspecified atom stereocenters. The quantitative estimate of drug-likeness (QED) is 0.877. The minimum Gasteiger partial charge on any atom is -0.508 e. The van der Waals surface area contributed by atoms with Gasteiger partial charge in [0.2, 0.25) is 0 Å². The number of carbonyl (C=O) groups is 1. The Kier molecular flexibility index (Phi) is 4.61. The molecule has 4 heteroatoms. The molecule has 4 nitrogen and oxygen atoms in total. The highest BCUT2D eigenvalue weighted by molar-refractivity contribution is 6.03. The summed E-state index contributed by atoms with van der Waals surface area (Å²) < 4.78 is 5.14. The molecule has 2 rings (SSSR count). The first kappa shape index (κ1) is 14.7. The first-order valence-electron chi connectivity index (χ1n) is 6.49. The number of benzene rings is 2. The van der Waals surface area contributed by atoms with Gasteiger partial charge in [0.1, 0.15) is 11.5 Å². The topological polar surface area (TPSA) is 49.8 Å². The Morgan fingerprint density at radius 3 is 2.57 bits per heavy atom. The maximum Gasteiger partial charge on any atom is 0.250 e. The van der Waals surface area contributed by atoms with E-state index in [1.54, 1.807) is 44.5 Å². The number of methoxy groups -OCH3 is 1. The van der Waals surface area contributed by atoms with Crippen molar-refractivity contribution >= 4 is 17.7 Å². The number of aromatic hydroxyl groups is 1. The summed E-state index contributed by atoms with van der Waals surface area (Å²) in [7, 11) is 3.29.